The van der Waals surface area contributed by atoms with E-state index < -0.39 is 0 Å². The van der Waals surface area contributed by atoms with Crippen LogP contribution in [0.4, 0.5) is 0 Å². The predicted molar refractivity (Wildman–Crippen MR) is 123 cm³/mol. The summed E-state index contributed by atoms with van der Waals surface area (Å²) in [6.07, 6.45) is 12.1. The number of ketones is 2. The van der Waals surface area contributed by atoms with Gasteiger partial charge in [-0.05, 0) is 67.8 Å². The second-order valence-corrected chi connectivity index (χ2v) is 11.1. The van der Waals surface area contributed by atoms with E-state index >= 15 is 0 Å². The van der Waals surface area contributed by atoms with Crippen LogP contribution in [0.15, 0.2) is 53.6 Å². The Morgan fingerprint density at radius 1 is 1.07 bits per heavy atom. The number of Topliss-reactive ketones (excluding diaryl/α,β-unsaturated/α-hetero) is 1. The lowest BCUT2D eigenvalue weighted by molar-refractivity contribution is -0.127. The van der Waals surface area contributed by atoms with Crippen LogP contribution in [0.5, 0.6) is 0 Å². The van der Waals surface area contributed by atoms with E-state index in [1.54, 1.807) is 5.57 Å². The highest BCUT2D eigenvalue weighted by atomic mass is 32.2. The Hall–Kier alpha value is -1.61. The van der Waals surface area contributed by atoms with Crippen molar-refractivity contribution >= 4 is 23.3 Å². The molecule has 158 valence electrons. The van der Waals surface area contributed by atoms with Gasteiger partial charge in [-0.3, -0.25) is 9.59 Å². The van der Waals surface area contributed by atoms with Gasteiger partial charge in [-0.2, -0.15) is 11.8 Å². The molecule has 0 saturated heterocycles. The Kier molecular flexibility index (Phi) is 5.29. The Bertz CT molecular complexity index is 914. The number of hydrogen-bond donors (Lipinski definition) is 0. The highest BCUT2D eigenvalue weighted by molar-refractivity contribution is 7.98. The zero-order valence-electron chi connectivity index (χ0n) is 18.0. The topological polar surface area (TPSA) is 34.1 Å². The fraction of sp³-hybridized carbons (Fsp3) is 0.556. The minimum Gasteiger partial charge on any atom is -0.299 e. The number of carbonyl (C=O) groups is 2. The second kappa shape index (κ2) is 7.82. The first-order chi connectivity index (χ1) is 14.5. The monoisotopic (exact) mass is 420 g/mol. The van der Waals surface area contributed by atoms with Crippen molar-refractivity contribution in [2.24, 2.45) is 22.7 Å². The quantitative estimate of drug-likeness (QED) is 0.413. The van der Waals surface area contributed by atoms with Crippen molar-refractivity contribution < 1.29 is 9.59 Å². The molecule has 4 aliphatic rings. The van der Waals surface area contributed by atoms with Gasteiger partial charge in [0.15, 0.2) is 5.78 Å². The lowest BCUT2D eigenvalue weighted by Gasteiger charge is -2.53. The zero-order chi connectivity index (χ0) is 20.8. The first-order valence-electron chi connectivity index (χ1n) is 11.6. The Balaban J connectivity index is 1.40. The summed E-state index contributed by atoms with van der Waals surface area (Å²) in [5, 5.41) is 0. The van der Waals surface area contributed by atoms with Gasteiger partial charge >= 0.3 is 0 Å². The third-order valence-corrected chi connectivity index (χ3v) is 9.61. The number of allylic oxidation sites excluding steroid dienone is 4. The molecule has 1 aromatic carbocycles. The summed E-state index contributed by atoms with van der Waals surface area (Å²) in [6, 6.07) is 10.7. The summed E-state index contributed by atoms with van der Waals surface area (Å²) in [4.78, 5) is 24.9. The van der Waals surface area contributed by atoms with Crippen molar-refractivity contribution in [3.63, 3.8) is 0 Å². The van der Waals surface area contributed by atoms with Crippen LogP contribution in [-0.4, -0.2) is 17.3 Å². The molecule has 0 aromatic heterocycles. The fourth-order valence-corrected chi connectivity index (χ4v) is 7.96. The first kappa shape index (κ1) is 20.3. The van der Waals surface area contributed by atoms with Gasteiger partial charge in [0.05, 0.1) is 0 Å². The lowest BCUT2D eigenvalue weighted by Crippen LogP contribution is -2.46. The van der Waals surface area contributed by atoms with Gasteiger partial charge in [-0.15, -0.1) is 0 Å². The minimum atomic E-state index is -0.136. The molecule has 2 saturated carbocycles. The van der Waals surface area contributed by atoms with Crippen LogP contribution in [0.1, 0.15) is 63.9 Å². The average Bonchev–Trinajstić information content (AvgIpc) is 3.07. The normalized spacial score (nSPS) is 35.2. The van der Waals surface area contributed by atoms with Crippen LogP contribution in [0, 0.1) is 22.7 Å². The van der Waals surface area contributed by atoms with Gasteiger partial charge in [-0.25, -0.2) is 0 Å². The molecule has 0 amide bonds. The maximum Gasteiger partial charge on any atom is 0.155 e. The van der Waals surface area contributed by atoms with Gasteiger partial charge < -0.3 is 0 Å². The predicted octanol–water partition coefficient (Wildman–Crippen LogP) is 6.31. The molecule has 0 spiro atoms. The van der Waals surface area contributed by atoms with Gasteiger partial charge in [0.25, 0.3) is 0 Å². The Labute approximate surface area is 184 Å². The summed E-state index contributed by atoms with van der Waals surface area (Å²) in [5.74, 6) is 4.01. The molecule has 4 atom stereocenters. The smallest absolute Gasteiger partial charge is 0.155 e. The molecule has 2 nitrogen and oxygen atoms in total. The number of thioether (sulfide) groups is 1. The van der Waals surface area contributed by atoms with Gasteiger partial charge in [-0.1, -0.05) is 54.5 Å². The van der Waals surface area contributed by atoms with E-state index in [9.17, 15) is 9.59 Å². The van der Waals surface area contributed by atoms with Crippen LogP contribution in [0.2, 0.25) is 0 Å². The third kappa shape index (κ3) is 3.25. The SMILES string of the molecule is C[C@]12CC=C3[C@@H](CCC4=CC(=O)CC[C@@]43CCSCc3ccccc3)[C@@H]1CCC2=O. The van der Waals surface area contributed by atoms with E-state index in [2.05, 4.69) is 43.3 Å². The molecule has 0 heterocycles. The van der Waals surface area contributed by atoms with E-state index in [-0.39, 0.29) is 10.8 Å². The van der Waals surface area contributed by atoms with E-state index in [1.807, 2.05) is 17.8 Å². The Morgan fingerprint density at radius 2 is 1.90 bits per heavy atom. The molecule has 2 fully saturated rings. The average molecular weight is 421 g/mol. The molecule has 0 bridgehead atoms. The summed E-state index contributed by atoms with van der Waals surface area (Å²) in [6.45, 7) is 2.22. The van der Waals surface area contributed by atoms with Gasteiger partial charge in [0.2, 0.25) is 0 Å². The molecule has 0 N–H and O–H groups in total. The third-order valence-electron chi connectivity index (χ3n) is 8.58. The lowest BCUT2D eigenvalue weighted by atomic mass is 9.50. The molecule has 0 radical (unpaired) electrons. The number of hydrogen-bond acceptors (Lipinski definition) is 3. The van der Waals surface area contributed by atoms with Crippen molar-refractivity contribution in [2.45, 2.75) is 64.0 Å². The number of rotatable bonds is 5. The van der Waals surface area contributed by atoms with Crippen molar-refractivity contribution in [3.05, 3.63) is 59.2 Å². The van der Waals surface area contributed by atoms with Crippen molar-refractivity contribution in [3.8, 4) is 0 Å². The second-order valence-electron chi connectivity index (χ2n) is 10.0. The summed E-state index contributed by atoms with van der Waals surface area (Å²) in [7, 11) is 0. The van der Waals surface area contributed by atoms with E-state index in [1.165, 1.54) is 11.1 Å². The van der Waals surface area contributed by atoms with Gasteiger partial charge in [0, 0.05) is 29.4 Å². The fourth-order valence-electron chi connectivity index (χ4n) is 6.90. The Morgan fingerprint density at radius 3 is 2.73 bits per heavy atom. The summed E-state index contributed by atoms with van der Waals surface area (Å²) in [5.41, 5.74) is 4.32. The van der Waals surface area contributed by atoms with Crippen LogP contribution in [0.3, 0.4) is 0 Å². The molecule has 30 heavy (non-hydrogen) atoms. The van der Waals surface area contributed by atoms with E-state index in [4.69, 9.17) is 0 Å². The summed E-state index contributed by atoms with van der Waals surface area (Å²) >= 11 is 2.02. The molecule has 5 rings (SSSR count). The van der Waals surface area contributed by atoms with Crippen molar-refractivity contribution in [2.75, 3.05) is 5.75 Å². The molecular weight excluding hydrogens is 388 g/mol. The highest BCUT2D eigenvalue weighted by Gasteiger charge is 2.56. The maximum atomic E-state index is 12.7. The first-order valence-corrected chi connectivity index (χ1v) is 12.8. The maximum absolute atomic E-state index is 12.7. The van der Waals surface area contributed by atoms with Crippen LogP contribution < -0.4 is 0 Å². The highest BCUT2D eigenvalue weighted by Crippen LogP contribution is 2.63. The van der Waals surface area contributed by atoms with Crippen LogP contribution in [0.25, 0.3) is 0 Å². The largest absolute Gasteiger partial charge is 0.299 e. The molecule has 3 heteroatoms. The summed E-state index contributed by atoms with van der Waals surface area (Å²) < 4.78 is 0. The zero-order valence-corrected chi connectivity index (χ0v) is 18.8. The van der Waals surface area contributed by atoms with E-state index in [0.717, 1.165) is 56.5 Å². The minimum absolute atomic E-state index is 0.0769. The molecule has 1 aromatic rings. The molecule has 0 aliphatic heterocycles. The van der Waals surface area contributed by atoms with Crippen molar-refractivity contribution in [1.29, 1.82) is 0 Å². The number of benzene rings is 1. The van der Waals surface area contributed by atoms with E-state index in [0.29, 0.717) is 29.8 Å². The number of carbonyl (C=O) groups excluding carboxylic acids is 2. The molecule has 0 unspecified atom stereocenters. The van der Waals surface area contributed by atoms with Gasteiger partial charge in [0.1, 0.15) is 5.78 Å². The van der Waals surface area contributed by atoms with Crippen molar-refractivity contribution in [1.82, 2.24) is 0 Å². The van der Waals surface area contributed by atoms with Crippen LogP contribution in [-0.2, 0) is 15.3 Å². The molecule has 4 aliphatic carbocycles. The number of fused-ring (bicyclic) bond motifs is 5. The molecular formula is C27H32O2S. The van der Waals surface area contributed by atoms with Crippen LogP contribution >= 0.6 is 11.8 Å². The standard InChI is InChI=1S/C27H32O2S/c1-26-13-12-24-22(23(26)9-10-25(26)29)8-7-20-17-21(28)11-14-27(20,24)15-16-30-18-19-5-3-2-4-6-19/h2-6,12,17,22-23H,7-11,13-16,18H2,1H3/t22-,23-,26-,27+/m0/s1.